The van der Waals surface area contributed by atoms with E-state index in [9.17, 15) is 0 Å². The normalized spacial score (nSPS) is 13.7. The highest BCUT2D eigenvalue weighted by atomic mass is 16.7. The van der Waals surface area contributed by atoms with E-state index >= 15 is 0 Å². The van der Waals surface area contributed by atoms with E-state index in [0.717, 1.165) is 13.0 Å². The van der Waals surface area contributed by atoms with Crippen molar-refractivity contribution in [3.8, 4) is 0 Å². The smallest absolute Gasteiger partial charge is 0.157 e. The summed E-state index contributed by atoms with van der Waals surface area (Å²) < 4.78 is 10.1. The van der Waals surface area contributed by atoms with Gasteiger partial charge in [-0.15, -0.1) is 0 Å². The second-order valence-corrected chi connectivity index (χ2v) is 1.76. The van der Waals surface area contributed by atoms with E-state index in [-0.39, 0.29) is 6.29 Å². The molecule has 0 spiro atoms. The number of hydrogen-bond donors (Lipinski definition) is 0. The van der Waals surface area contributed by atoms with Crippen LogP contribution in [0.2, 0.25) is 0 Å². The van der Waals surface area contributed by atoms with Crippen LogP contribution in [0.1, 0.15) is 20.3 Å². The summed E-state index contributed by atoms with van der Waals surface area (Å²) in [7, 11) is 0. The SMILES string of the molecule is [CH2]C(OCC)OCCC. The van der Waals surface area contributed by atoms with Crippen molar-refractivity contribution in [2.45, 2.75) is 26.6 Å². The fourth-order valence-electron chi connectivity index (χ4n) is 0.483. The Morgan fingerprint density at radius 3 is 2.44 bits per heavy atom. The van der Waals surface area contributed by atoms with Crippen LogP contribution in [0.3, 0.4) is 0 Å². The zero-order valence-corrected chi connectivity index (χ0v) is 6.22. The molecule has 0 aromatic carbocycles. The van der Waals surface area contributed by atoms with Crippen molar-refractivity contribution in [1.82, 2.24) is 0 Å². The van der Waals surface area contributed by atoms with Gasteiger partial charge in [0, 0.05) is 20.1 Å². The van der Waals surface area contributed by atoms with Crippen LogP contribution >= 0.6 is 0 Å². The van der Waals surface area contributed by atoms with E-state index in [4.69, 9.17) is 9.47 Å². The van der Waals surface area contributed by atoms with Crippen molar-refractivity contribution in [1.29, 1.82) is 0 Å². The van der Waals surface area contributed by atoms with Crippen molar-refractivity contribution in [3.05, 3.63) is 6.92 Å². The lowest BCUT2D eigenvalue weighted by atomic mass is 10.5. The average molecular weight is 131 g/mol. The van der Waals surface area contributed by atoms with Crippen LogP contribution < -0.4 is 0 Å². The van der Waals surface area contributed by atoms with Gasteiger partial charge in [-0.25, -0.2) is 0 Å². The number of ether oxygens (including phenoxy) is 2. The molecule has 1 atom stereocenters. The first-order chi connectivity index (χ1) is 4.31. The molecule has 0 aliphatic rings. The van der Waals surface area contributed by atoms with Gasteiger partial charge in [-0.3, -0.25) is 0 Å². The molecule has 2 heteroatoms. The Kier molecular flexibility index (Phi) is 5.99. The molecule has 0 saturated heterocycles. The molecule has 0 aromatic rings. The monoisotopic (exact) mass is 131 g/mol. The Balaban J connectivity index is 2.95. The molecule has 0 saturated carbocycles. The maximum absolute atomic E-state index is 5.10. The highest BCUT2D eigenvalue weighted by Crippen LogP contribution is 1.92. The van der Waals surface area contributed by atoms with Crippen molar-refractivity contribution < 1.29 is 9.47 Å². The van der Waals surface area contributed by atoms with Gasteiger partial charge in [0.05, 0.1) is 0 Å². The van der Waals surface area contributed by atoms with E-state index in [2.05, 4.69) is 13.8 Å². The molecule has 0 heterocycles. The Hall–Kier alpha value is -0.0800. The molecular weight excluding hydrogens is 116 g/mol. The maximum Gasteiger partial charge on any atom is 0.157 e. The number of rotatable bonds is 5. The third-order valence-electron chi connectivity index (χ3n) is 0.860. The quantitative estimate of drug-likeness (QED) is 0.528. The zero-order chi connectivity index (χ0) is 7.11. The molecule has 1 radical (unpaired) electrons. The molecule has 0 aliphatic heterocycles. The van der Waals surface area contributed by atoms with Crippen LogP contribution in [0.5, 0.6) is 0 Å². The van der Waals surface area contributed by atoms with E-state index < -0.39 is 0 Å². The topological polar surface area (TPSA) is 18.5 Å². The molecule has 9 heavy (non-hydrogen) atoms. The highest BCUT2D eigenvalue weighted by molar-refractivity contribution is 4.43. The molecule has 0 aromatic heterocycles. The van der Waals surface area contributed by atoms with Gasteiger partial charge in [0.25, 0.3) is 0 Å². The summed E-state index contributed by atoms with van der Waals surface area (Å²) in [5, 5.41) is 0. The van der Waals surface area contributed by atoms with Crippen molar-refractivity contribution in [3.63, 3.8) is 0 Å². The lowest BCUT2D eigenvalue weighted by molar-refractivity contribution is -0.109. The van der Waals surface area contributed by atoms with Crippen LogP contribution in [0.4, 0.5) is 0 Å². The molecule has 0 N–H and O–H groups in total. The zero-order valence-electron chi connectivity index (χ0n) is 6.22. The van der Waals surface area contributed by atoms with Gasteiger partial charge in [0.1, 0.15) is 0 Å². The first kappa shape index (κ1) is 8.92. The maximum atomic E-state index is 5.10. The van der Waals surface area contributed by atoms with Crippen molar-refractivity contribution in [2.75, 3.05) is 13.2 Å². The molecule has 2 nitrogen and oxygen atoms in total. The fourth-order valence-corrected chi connectivity index (χ4v) is 0.483. The van der Waals surface area contributed by atoms with Gasteiger partial charge in [-0.2, -0.15) is 0 Å². The van der Waals surface area contributed by atoms with Gasteiger partial charge in [-0.05, 0) is 13.3 Å². The van der Waals surface area contributed by atoms with Gasteiger partial charge in [0.15, 0.2) is 6.29 Å². The Morgan fingerprint density at radius 1 is 1.33 bits per heavy atom. The van der Waals surface area contributed by atoms with Crippen LogP contribution in [-0.4, -0.2) is 19.5 Å². The summed E-state index contributed by atoms with van der Waals surface area (Å²) in [6.07, 6.45) is 0.731. The van der Waals surface area contributed by atoms with E-state index in [0.29, 0.717) is 6.61 Å². The summed E-state index contributed by atoms with van der Waals surface area (Å²) in [4.78, 5) is 0. The minimum atomic E-state index is -0.282. The highest BCUT2D eigenvalue weighted by Gasteiger charge is 1.96. The third kappa shape index (κ3) is 5.80. The molecule has 1 unspecified atom stereocenters. The van der Waals surface area contributed by atoms with Crippen LogP contribution in [-0.2, 0) is 9.47 Å². The summed E-state index contributed by atoms with van der Waals surface area (Å²) >= 11 is 0. The fraction of sp³-hybridized carbons (Fsp3) is 0.857. The summed E-state index contributed by atoms with van der Waals surface area (Å²) in [6.45, 7) is 8.99. The standard InChI is InChI=1S/C7H15O2/c1-4-6-9-7(3)8-5-2/h7H,3-6H2,1-2H3. The summed E-state index contributed by atoms with van der Waals surface area (Å²) in [5.74, 6) is 0. The first-order valence-corrected chi connectivity index (χ1v) is 3.37. The summed E-state index contributed by atoms with van der Waals surface area (Å²) in [5.41, 5.74) is 0. The van der Waals surface area contributed by atoms with E-state index in [1.54, 1.807) is 0 Å². The van der Waals surface area contributed by atoms with E-state index in [1.165, 1.54) is 0 Å². The average Bonchev–Trinajstić information content (AvgIpc) is 1.85. The molecule has 0 amide bonds. The Morgan fingerprint density at radius 2 is 2.00 bits per heavy atom. The lowest BCUT2D eigenvalue weighted by Gasteiger charge is -2.10. The Labute approximate surface area is 57.2 Å². The largest absolute Gasteiger partial charge is 0.353 e. The minimum Gasteiger partial charge on any atom is -0.353 e. The predicted molar refractivity (Wildman–Crippen MR) is 37.0 cm³/mol. The van der Waals surface area contributed by atoms with Gasteiger partial charge in [-0.1, -0.05) is 6.92 Å². The summed E-state index contributed by atoms with van der Waals surface area (Å²) in [6, 6.07) is 0. The molecule has 55 valence electrons. The van der Waals surface area contributed by atoms with Gasteiger partial charge in [0.2, 0.25) is 0 Å². The van der Waals surface area contributed by atoms with E-state index in [1.807, 2.05) is 6.92 Å². The molecule has 0 rings (SSSR count). The first-order valence-electron chi connectivity index (χ1n) is 3.37. The van der Waals surface area contributed by atoms with Crippen LogP contribution in [0.15, 0.2) is 0 Å². The van der Waals surface area contributed by atoms with Gasteiger partial charge < -0.3 is 9.47 Å². The van der Waals surface area contributed by atoms with Gasteiger partial charge >= 0.3 is 0 Å². The second kappa shape index (κ2) is 6.05. The number of hydrogen-bond acceptors (Lipinski definition) is 2. The van der Waals surface area contributed by atoms with Crippen LogP contribution in [0.25, 0.3) is 0 Å². The molecular formula is C7H15O2. The Bertz CT molecular complexity index is 54.9. The van der Waals surface area contributed by atoms with Crippen molar-refractivity contribution in [2.24, 2.45) is 0 Å². The van der Waals surface area contributed by atoms with Crippen molar-refractivity contribution >= 4 is 0 Å². The molecule has 0 bridgehead atoms. The lowest BCUT2D eigenvalue weighted by Crippen LogP contribution is -2.13. The predicted octanol–water partition coefficient (Wildman–Crippen LogP) is 1.61. The third-order valence-corrected chi connectivity index (χ3v) is 0.860. The molecule has 0 aliphatic carbocycles. The minimum absolute atomic E-state index is 0.282. The second-order valence-electron chi connectivity index (χ2n) is 1.76. The van der Waals surface area contributed by atoms with Crippen LogP contribution in [0, 0.1) is 6.92 Å². The molecule has 0 fully saturated rings.